The van der Waals surface area contributed by atoms with E-state index < -0.39 is 17.7 Å². The zero-order valence-corrected chi connectivity index (χ0v) is 15.7. The van der Waals surface area contributed by atoms with Crippen LogP contribution in [0, 0.1) is 0 Å². The molecule has 0 aliphatic rings. The van der Waals surface area contributed by atoms with Gasteiger partial charge in [0, 0.05) is 6.42 Å². The number of carboxylic acid groups (broad SMARTS) is 1. The zero-order chi connectivity index (χ0) is 20.7. The van der Waals surface area contributed by atoms with Crippen molar-refractivity contribution in [3.05, 3.63) is 59.7 Å². The van der Waals surface area contributed by atoms with Crippen LogP contribution in [-0.2, 0) is 11.0 Å². The van der Waals surface area contributed by atoms with E-state index in [1.54, 1.807) is 12.1 Å². The van der Waals surface area contributed by atoms with E-state index in [2.05, 4.69) is 0 Å². The van der Waals surface area contributed by atoms with E-state index in [9.17, 15) is 18.0 Å². The smallest absolute Gasteiger partial charge is 0.416 e. The molecule has 152 valence electrons. The third-order valence-corrected chi connectivity index (χ3v) is 4.24. The fourth-order valence-corrected chi connectivity index (χ4v) is 2.63. The molecule has 4 nitrogen and oxygen atoms in total. The van der Waals surface area contributed by atoms with Gasteiger partial charge in [-0.1, -0.05) is 19.1 Å². The minimum Gasteiger partial charge on any atom is -0.493 e. The van der Waals surface area contributed by atoms with E-state index in [1.165, 1.54) is 12.1 Å². The quantitative estimate of drug-likeness (QED) is 0.606. The highest BCUT2D eigenvalue weighted by Gasteiger charge is 2.30. The van der Waals surface area contributed by atoms with Crippen LogP contribution >= 0.6 is 0 Å². The number of benzene rings is 2. The highest BCUT2D eigenvalue weighted by molar-refractivity contribution is 5.67. The van der Waals surface area contributed by atoms with Crippen LogP contribution in [0.25, 0.3) is 0 Å². The Morgan fingerprint density at radius 2 is 1.57 bits per heavy atom. The lowest BCUT2D eigenvalue weighted by atomic mass is 9.98. The van der Waals surface area contributed by atoms with Gasteiger partial charge in [0.05, 0.1) is 24.7 Å². The molecule has 0 amide bonds. The van der Waals surface area contributed by atoms with E-state index in [-0.39, 0.29) is 18.4 Å². The van der Waals surface area contributed by atoms with Gasteiger partial charge >= 0.3 is 12.1 Å². The molecule has 0 bridgehead atoms. The highest BCUT2D eigenvalue weighted by Crippen LogP contribution is 2.30. The van der Waals surface area contributed by atoms with Gasteiger partial charge in [-0.05, 0) is 54.8 Å². The summed E-state index contributed by atoms with van der Waals surface area (Å²) in [5.41, 5.74) is 0.214. The standard InChI is InChI=1S/C21H23F3O4/c1-14(13-20(25)26)16-3-7-18(8-4-16)27-12-11-15(2)28-19-9-5-17(6-10-19)21(22,23)24/h3-10,14-15H,11-13H2,1-2H3,(H,25,26). The van der Waals surface area contributed by atoms with Crippen molar-refractivity contribution >= 4 is 5.97 Å². The van der Waals surface area contributed by atoms with Crippen molar-refractivity contribution < 1.29 is 32.5 Å². The number of hydrogen-bond donors (Lipinski definition) is 1. The Balaban J connectivity index is 1.77. The highest BCUT2D eigenvalue weighted by atomic mass is 19.4. The summed E-state index contributed by atoms with van der Waals surface area (Å²) >= 11 is 0. The molecule has 0 fully saturated rings. The maximum Gasteiger partial charge on any atom is 0.416 e. The topological polar surface area (TPSA) is 55.8 Å². The molecule has 0 aliphatic heterocycles. The summed E-state index contributed by atoms with van der Waals surface area (Å²) in [7, 11) is 0. The van der Waals surface area contributed by atoms with Crippen molar-refractivity contribution in [1.29, 1.82) is 0 Å². The molecule has 28 heavy (non-hydrogen) atoms. The van der Waals surface area contributed by atoms with Crippen molar-refractivity contribution in [1.82, 2.24) is 0 Å². The minimum absolute atomic E-state index is 0.0685. The largest absolute Gasteiger partial charge is 0.493 e. The van der Waals surface area contributed by atoms with Crippen LogP contribution in [0.4, 0.5) is 13.2 Å². The normalized spacial score (nSPS) is 13.6. The van der Waals surface area contributed by atoms with Gasteiger partial charge in [-0.2, -0.15) is 13.2 Å². The van der Waals surface area contributed by atoms with Gasteiger partial charge in [0.15, 0.2) is 0 Å². The third-order valence-electron chi connectivity index (χ3n) is 4.24. The van der Waals surface area contributed by atoms with Gasteiger partial charge in [0.25, 0.3) is 0 Å². The summed E-state index contributed by atoms with van der Waals surface area (Å²) in [6.07, 6.45) is -3.97. The Kier molecular flexibility index (Phi) is 7.31. The fourth-order valence-electron chi connectivity index (χ4n) is 2.63. The van der Waals surface area contributed by atoms with Crippen LogP contribution in [0.3, 0.4) is 0 Å². The lowest BCUT2D eigenvalue weighted by Gasteiger charge is -2.16. The summed E-state index contributed by atoms with van der Waals surface area (Å²) < 4.78 is 48.9. The molecule has 0 spiro atoms. The molecule has 0 aliphatic carbocycles. The Labute approximate surface area is 161 Å². The summed E-state index contributed by atoms with van der Waals surface area (Å²) in [6, 6.07) is 11.8. The first-order valence-corrected chi connectivity index (χ1v) is 8.93. The molecule has 7 heteroatoms. The van der Waals surface area contributed by atoms with Gasteiger partial charge in [0.2, 0.25) is 0 Å². The second-order valence-electron chi connectivity index (χ2n) is 6.66. The van der Waals surface area contributed by atoms with Crippen molar-refractivity contribution in [2.45, 2.75) is 44.9 Å². The lowest BCUT2D eigenvalue weighted by Crippen LogP contribution is -2.16. The first kappa shape index (κ1) is 21.6. The number of alkyl halides is 3. The van der Waals surface area contributed by atoms with Crippen LogP contribution in [0.5, 0.6) is 11.5 Å². The molecule has 0 saturated heterocycles. The zero-order valence-electron chi connectivity index (χ0n) is 15.7. The van der Waals surface area contributed by atoms with Gasteiger partial charge in [-0.15, -0.1) is 0 Å². The van der Waals surface area contributed by atoms with Crippen LogP contribution in [0.1, 0.15) is 43.7 Å². The first-order chi connectivity index (χ1) is 13.1. The van der Waals surface area contributed by atoms with Gasteiger partial charge in [0.1, 0.15) is 11.5 Å². The number of aliphatic carboxylic acids is 1. The van der Waals surface area contributed by atoms with E-state index in [0.29, 0.717) is 24.5 Å². The molecule has 0 aromatic heterocycles. The Morgan fingerprint density at radius 1 is 1.00 bits per heavy atom. The first-order valence-electron chi connectivity index (χ1n) is 8.93. The molecule has 1 N–H and O–H groups in total. The summed E-state index contributed by atoms with van der Waals surface area (Å²) in [5, 5.41) is 8.84. The summed E-state index contributed by atoms with van der Waals surface area (Å²) in [6.45, 7) is 4.05. The molecule has 0 saturated carbocycles. The predicted octanol–water partition coefficient (Wildman–Crippen LogP) is 5.52. The maximum atomic E-state index is 12.6. The van der Waals surface area contributed by atoms with E-state index in [1.807, 2.05) is 26.0 Å². The predicted molar refractivity (Wildman–Crippen MR) is 98.8 cm³/mol. The van der Waals surface area contributed by atoms with E-state index in [0.717, 1.165) is 17.7 Å². The number of halogens is 3. The van der Waals surface area contributed by atoms with Crippen LogP contribution in [0.15, 0.2) is 48.5 Å². The molecular weight excluding hydrogens is 373 g/mol. The average Bonchev–Trinajstić information content (AvgIpc) is 2.61. The lowest BCUT2D eigenvalue weighted by molar-refractivity contribution is -0.138. The molecule has 0 radical (unpaired) electrons. The minimum atomic E-state index is -4.36. The number of rotatable bonds is 9. The number of carbonyl (C=O) groups is 1. The number of hydrogen-bond acceptors (Lipinski definition) is 3. The van der Waals surface area contributed by atoms with Crippen molar-refractivity contribution in [2.75, 3.05) is 6.61 Å². The number of carboxylic acids is 1. The Bertz CT molecular complexity index is 755. The Morgan fingerprint density at radius 3 is 2.11 bits per heavy atom. The summed E-state index contributed by atoms with van der Waals surface area (Å²) in [5.74, 6) is 0.115. The molecular formula is C21H23F3O4. The molecule has 2 rings (SSSR count). The maximum absolute atomic E-state index is 12.6. The van der Waals surface area contributed by atoms with Crippen molar-refractivity contribution in [3.8, 4) is 11.5 Å². The second-order valence-corrected chi connectivity index (χ2v) is 6.66. The number of ether oxygens (including phenoxy) is 2. The monoisotopic (exact) mass is 396 g/mol. The van der Waals surface area contributed by atoms with Crippen LogP contribution in [-0.4, -0.2) is 23.8 Å². The van der Waals surface area contributed by atoms with Crippen molar-refractivity contribution in [2.24, 2.45) is 0 Å². The molecule has 0 heterocycles. The third kappa shape index (κ3) is 6.79. The summed E-state index contributed by atoms with van der Waals surface area (Å²) in [4.78, 5) is 10.8. The fraction of sp³-hybridized carbons (Fsp3) is 0.381. The van der Waals surface area contributed by atoms with E-state index in [4.69, 9.17) is 14.6 Å². The van der Waals surface area contributed by atoms with E-state index >= 15 is 0 Å². The van der Waals surface area contributed by atoms with Crippen LogP contribution < -0.4 is 9.47 Å². The average molecular weight is 396 g/mol. The van der Waals surface area contributed by atoms with Crippen LogP contribution in [0.2, 0.25) is 0 Å². The molecule has 2 unspecified atom stereocenters. The SMILES string of the molecule is CC(CCOc1ccc(C(C)CC(=O)O)cc1)Oc1ccc(C(F)(F)F)cc1. The van der Waals surface area contributed by atoms with Gasteiger partial charge in [-0.3, -0.25) is 4.79 Å². The second kappa shape index (κ2) is 9.48. The van der Waals surface area contributed by atoms with Gasteiger partial charge < -0.3 is 14.6 Å². The van der Waals surface area contributed by atoms with Gasteiger partial charge in [-0.25, -0.2) is 0 Å². The Hall–Kier alpha value is -2.70. The molecule has 2 aromatic rings. The van der Waals surface area contributed by atoms with Crippen molar-refractivity contribution in [3.63, 3.8) is 0 Å². The molecule has 2 aromatic carbocycles. The molecule has 2 atom stereocenters.